The van der Waals surface area contributed by atoms with Crippen molar-refractivity contribution in [3.8, 4) is 0 Å². The molecule has 1 aliphatic rings. The van der Waals surface area contributed by atoms with Crippen molar-refractivity contribution < 1.29 is 18.8 Å². The summed E-state index contributed by atoms with van der Waals surface area (Å²) in [5.41, 5.74) is 0. The van der Waals surface area contributed by atoms with Crippen LogP contribution in [-0.2, 0) is 10.8 Å². The third-order valence-corrected chi connectivity index (χ3v) is 3.34. The van der Waals surface area contributed by atoms with Crippen molar-refractivity contribution in [3.63, 3.8) is 0 Å². The number of halogens is 1. The Morgan fingerprint density at radius 1 is 1.70 bits per heavy atom. The normalized spacial score (nSPS) is 47.9. The number of aliphatic hydroxyl groups is 2. The van der Waals surface area contributed by atoms with Gasteiger partial charge in [0.25, 0.3) is 0 Å². The predicted molar refractivity (Wildman–Crippen MR) is 34.8 cm³/mol. The van der Waals surface area contributed by atoms with Gasteiger partial charge in [0, 0.05) is 10.8 Å². The molecule has 10 heavy (non-hydrogen) atoms. The highest BCUT2D eigenvalue weighted by atomic mass is 32.2. The Bertz CT molecular complexity index is 152. The standard InChI is InChI=1S/C5H9FO3S/c6-3-2-10(9)4(1-7)5(3)8/h3-5,7-8H,1-2H2/t3-,4-,5+,10+/m1/s1. The van der Waals surface area contributed by atoms with Crippen LogP contribution in [0.15, 0.2) is 0 Å². The van der Waals surface area contributed by atoms with E-state index >= 15 is 0 Å². The van der Waals surface area contributed by atoms with Crippen LogP contribution in [0.1, 0.15) is 0 Å². The highest BCUT2D eigenvalue weighted by molar-refractivity contribution is 7.86. The number of aliphatic hydroxyl groups excluding tert-OH is 2. The summed E-state index contributed by atoms with van der Waals surface area (Å²) in [6.07, 6.45) is -2.68. The van der Waals surface area contributed by atoms with Crippen LogP contribution in [0.5, 0.6) is 0 Å². The molecule has 4 atom stereocenters. The van der Waals surface area contributed by atoms with Gasteiger partial charge in [-0.05, 0) is 0 Å². The van der Waals surface area contributed by atoms with E-state index in [1.54, 1.807) is 0 Å². The van der Waals surface area contributed by atoms with E-state index in [0.29, 0.717) is 0 Å². The monoisotopic (exact) mass is 168 g/mol. The lowest BCUT2D eigenvalue weighted by Crippen LogP contribution is -2.30. The molecular weight excluding hydrogens is 159 g/mol. The van der Waals surface area contributed by atoms with Crippen molar-refractivity contribution in [2.45, 2.75) is 17.5 Å². The molecule has 5 heteroatoms. The molecule has 1 saturated heterocycles. The molecule has 1 heterocycles. The third-order valence-electron chi connectivity index (χ3n) is 1.59. The first-order chi connectivity index (χ1) is 4.66. The van der Waals surface area contributed by atoms with E-state index in [4.69, 9.17) is 10.2 Å². The first kappa shape index (κ1) is 8.10. The van der Waals surface area contributed by atoms with Gasteiger partial charge in [0.15, 0.2) is 0 Å². The molecule has 0 aliphatic carbocycles. The molecule has 1 rings (SSSR count). The lowest BCUT2D eigenvalue weighted by Gasteiger charge is -2.09. The van der Waals surface area contributed by atoms with Crippen molar-refractivity contribution in [1.82, 2.24) is 0 Å². The predicted octanol–water partition coefficient (Wildman–Crippen LogP) is -1.19. The van der Waals surface area contributed by atoms with Crippen molar-refractivity contribution in [1.29, 1.82) is 0 Å². The average molecular weight is 168 g/mol. The van der Waals surface area contributed by atoms with E-state index in [2.05, 4.69) is 0 Å². The summed E-state index contributed by atoms with van der Waals surface area (Å²) < 4.78 is 23.2. The molecule has 60 valence electrons. The minimum Gasteiger partial charge on any atom is -0.395 e. The Morgan fingerprint density at radius 2 is 2.30 bits per heavy atom. The van der Waals surface area contributed by atoms with E-state index in [0.717, 1.165) is 0 Å². The zero-order valence-electron chi connectivity index (χ0n) is 5.24. The molecule has 0 aromatic carbocycles. The molecule has 0 aromatic rings. The van der Waals surface area contributed by atoms with Gasteiger partial charge >= 0.3 is 0 Å². The van der Waals surface area contributed by atoms with Crippen molar-refractivity contribution in [3.05, 3.63) is 0 Å². The molecule has 2 N–H and O–H groups in total. The van der Waals surface area contributed by atoms with E-state index in [9.17, 15) is 8.60 Å². The second-order valence-corrected chi connectivity index (χ2v) is 3.98. The number of hydrogen-bond donors (Lipinski definition) is 2. The van der Waals surface area contributed by atoms with Crippen LogP contribution >= 0.6 is 0 Å². The number of alkyl halides is 1. The molecule has 0 saturated carbocycles. The van der Waals surface area contributed by atoms with Crippen LogP contribution in [0, 0.1) is 0 Å². The first-order valence-electron chi connectivity index (χ1n) is 2.97. The Balaban J connectivity index is 2.64. The van der Waals surface area contributed by atoms with Gasteiger partial charge in [-0.2, -0.15) is 0 Å². The minimum absolute atomic E-state index is 0.146. The molecule has 1 fully saturated rings. The highest BCUT2D eigenvalue weighted by Crippen LogP contribution is 2.19. The summed E-state index contributed by atoms with van der Waals surface area (Å²) in [5.74, 6) is -0.146. The molecule has 0 spiro atoms. The molecule has 3 nitrogen and oxygen atoms in total. The second-order valence-electron chi connectivity index (χ2n) is 2.28. The smallest absolute Gasteiger partial charge is 0.139 e. The molecule has 0 bridgehead atoms. The first-order valence-corrected chi connectivity index (χ1v) is 4.35. The largest absolute Gasteiger partial charge is 0.395 e. The van der Waals surface area contributed by atoms with Crippen LogP contribution in [0.25, 0.3) is 0 Å². The van der Waals surface area contributed by atoms with Gasteiger partial charge in [-0.1, -0.05) is 0 Å². The lowest BCUT2D eigenvalue weighted by molar-refractivity contribution is 0.0813. The van der Waals surface area contributed by atoms with Crippen molar-refractivity contribution in [2.75, 3.05) is 12.4 Å². The number of rotatable bonds is 1. The SMILES string of the molecule is O=[S@]1C[C@@H](F)[C@H](O)[C@H]1CO. The van der Waals surface area contributed by atoms with Gasteiger partial charge in [-0.15, -0.1) is 0 Å². The molecule has 0 amide bonds. The second kappa shape index (κ2) is 2.94. The molecule has 0 radical (unpaired) electrons. The fraction of sp³-hybridized carbons (Fsp3) is 1.00. The highest BCUT2D eigenvalue weighted by Gasteiger charge is 2.40. The summed E-state index contributed by atoms with van der Waals surface area (Å²) >= 11 is 0. The van der Waals surface area contributed by atoms with Gasteiger partial charge in [-0.3, -0.25) is 4.21 Å². The zero-order chi connectivity index (χ0) is 7.72. The zero-order valence-corrected chi connectivity index (χ0v) is 6.05. The summed E-state index contributed by atoms with van der Waals surface area (Å²) in [6, 6.07) is 0. The molecule has 0 unspecified atom stereocenters. The maximum atomic E-state index is 12.5. The quantitative estimate of drug-likeness (QED) is 0.517. The molecule has 0 aromatic heterocycles. The Morgan fingerprint density at radius 3 is 2.50 bits per heavy atom. The van der Waals surface area contributed by atoms with Crippen LogP contribution in [0.4, 0.5) is 4.39 Å². The van der Waals surface area contributed by atoms with Gasteiger partial charge in [-0.25, -0.2) is 4.39 Å². The Kier molecular flexibility index (Phi) is 2.38. The summed E-state index contributed by atoms with van der Waals surface area (Å²) in [4.78, 5) is 0. The number of hydrogen-bond acceptors (Lipinski definition) is 3. The lowest BCUT2D eigenvalue weighted by atomic mass is 10.2. The third kappa shape index (κ3) is 1.21. The van der Waals surface area contributed by atoms with E-state index in [1.807, 2.05) is 0 Å². The summed E-state index contributed by atoms with van der Waals surface area (Å²) in [5, 5.41) is 16.6. The Hall–Kier alpha value is -0.0000000000000000416. The van der Waals surface area contributed by atoms with E-state index in [1.165, 1.54) is 0 Å². The fourth-order valence-corrected chi connectivity index (χ4v) is 2.36. The van der Waals surface area contributed by atoms with E-state index < -0.39 is 34.9 Å². The van der Waals surface area contributed by atoms with Gasteiger partial charge in [0.2, 0.25) is 0 Å². The maximum absolute atomic E-state index is 12.5. The summed E-state index contributed by atoms with van der Waals surface area (Å²) in [6.45, 7) is -0.409. The Labute approximate surface area is 60.3 Å². The molecular formula is C5H9FO3S. The summed E-state index contributed by atoms with van der Waals surface area (Å²) in [7, 11) is -1.40. The van der Waals surface area contributed by atoms with Crippen molar-refractivity contribution in [2.24, 2.45) is 0 Å². The van der Waals surface area contributed by atoms with Gasteiger partial charge in [0.1, 0.15) is 12.3 Å². The van der Waals surface area contributed by atoms with E-state index in [-0.39, 0.29) is 5.75 Å². The van der Waals surface area contributed by atoms with Crippen LogP contribution in [0.2, 0.25) is 0 Å². The van der Waals surface area contributed by atoms with Crippen LogP contribution in [0.3, 0.4) is 0 Å². The minimum atomic E-state index is -1.43. The maximum Gasteiger partial charge on any atom is 0.139 e. The van der Waals surface area contributed by atoms with Crippen molar-refractivity contribution >= 4 is 10.8 Å². The van der Waals surface area contributed by atoms with Gasteiger partial charge < -0.3 is 10.2 Å². The van der Waals surface area contributed by atoms with Crippen LogP contribution in [-0.4, -0.2) is 44.3 Å². The van der Waals surface area contributed by atoms with Gasteiger partial charge in [0.05, 0.1) is 17.6 Å². The molecule has 1 aliphatic heterocycles. The topological polar surface area (TPSA) is 57.5 Å². The average Bonchev–Trinajstić information content (AvgIpc) is 2.09. The van der Waals surface area contributed by atoms with Crippen LogP contribution < -0.4 is 0 Å². The fourth-order valence-electron chi connectivity index (χ4n) is 0.959.